The number of halogens is 1. The molecule has 136 valence electrons. The van der Waals surface area contributed by atoms with Crippen LogP contribution in [0.3, 0.4) is 0 Å². The van der Waals surface area contributed by atoms with Crippen LogP contribution >= 0.6 is 24.0 Å². The fourth-order valence-corrected chi connectivity index (χ4v) is 2.73. The third kappa shape index (κ3) is 6.70. The molecule has 2 rings (SSSR count). The van der Waals surface area contributed by atoms with Crippen LogP contribution in [-0.4, -0.2) is 43.4 Å². The van der Waals surface area contributed by atoms with E-state index in [1.54, 1.807) is 25.3 Å². The molecular weight excluding hydrogens is 419 g/mol. The molecule has 2 unspecified atom stereocenters. The van der Waals surface area contributed by atoms with Crippen LogP contribution in [0.5, 0.6) is 0 Å². The van der Waals surface area contributed by atoms with E-state index in [2.05, 4.69) is 22.5 Å². The molecule has 0 bridgehead atoms. The Kier molecular flexibility index (Phi) is 9.17. The summed E-state index contributed by atoms with van der Waals surface area (Å²) in [5, 5.41) is 6.75. The van der Waals surface area contributed by atoms with E-state index in [1.807, 2.05) is 12.1 Å². The van der Waals surface area contributed by atoms with Gasteiger partial charge in [0.2, 0.25) is 5.91 Å². The van der Waals surface area contributed by atoms with E-state index in [4.69, 9.17) is 4.42 Å². The highest BCUT2D eigenvalue weighted by atomic mass is 127. The molecule has 6 nitrogen and oxygen atoms in total. The topological polar surface area (TPSA) is 69.9 Å². The number of rotatable bonds is 5. The summed E-state index contributed by atoms with van der Waals surface area (Å²) in [4.78, 5) is 17.8. The Morgan fingerprint density at radius 1 is 1.38 bits per heavy atom. The van der Waals surface area contributed by atoms with Crippen LogP contribution in [0, 0.1) is 5.92 Å². The fraction of sp³-hybridized carbons (Fsp3) is 0.647. The van der Waals surface area contributed by atoms with Gasteiger partial charge in [-0.05, 0) is 30.9 Å². The second-order valence-electron chi connectivity index (χ2n) is 6.40. The zero-order chi connectivity index (χ0) is 16.7. The smallest absolute Gasteiger partial charge is 0.243 e. The molecule has 24 heavy (non-hydrogen) atoms. The van der Waals surface area contributed by atoms with Gasteiger partial charge in [-0.25, -0.2) is 4.99 Å². The van der Waals surface area contributed by atoms with Crippen LogP contribution in [0.1, 0.15) is 38.4 Å². The van der Waals surface area contributed by atoms with Crippen molar-refractivity contribution in [2.75, 3.05) is 20.6 Å². The molecule has 2 atom stereocenters. The van der Waals surface area contributed by atoms with Gasteiger partial charge in [-0.1, -0.05) is 19.8 Å². The maximum Gasteiger partial charge on any atom is 0.243 e. The molecule has 0 aliphatic heterocycles. The normalized spacial score (nSPS) is 20.9. The minimum atomic E-state index is -0.0132. The van der Waals surface area contributed by atoms with Gasteiger partial charge in [0.15, 0.2) is 5.96 Å². The Labute approximate surface area is 161 Å². The minimum absolute atomic E-state index is 0. The van der Waals surface area contributed by atoms with E-state index in [1.165, 1.54) is 19.3 Å². The van der Waals surface area contributed by atoms with Crippen molar-refractivity contribution in [3.63, 3.8) is 0 Å². The third-order valence-corrected chi connectivity index (χ3v) is 4.31. The number of likely N-dealkylation sites (N-methyl/N-ethyl adjacent to an activating group) is 1. The predicted octanol–water partition coefficient (Wildman–Crippen LogP) is 2.60. The summed E-state index contributed by atoms with van der Waals surface area (Å²) >= 11 is 0. The lowest BCUT2D eigenvalue weighted by Gasteiger charge is -2.30. The summed E-state index contributed by atoms with van der Waals surface area (Å²) < 4.78 is 5.34. The Morgan fingerprint density at radius 3 is 2.75 bits per heavy atom. The maximum absolute atomic E-state index is 11.8. The third-order valence-electron chi connectivity index (χ3n) is 4.31. The summed E-state index contributed by atoms with van der Waals surface area (Å²) in [5.41, 5.74) is 0. The lowest BCUT2D eigenvalue weighted by Crippen LogP contribution is -2.47. The van der Waals surface area contributed by atoms with E-state index in [0.717, 1.165) is 12.2 Å². The van der Waals surface area contributed by atoms with Crippen LogP contribution < -0.4 is 10.6 Å². The zero-order valence-corrected chi connectivity index (χ0v) is 17.1. The number of carbonyl (C=O) groups is 1. The van der Waals surface area contributed by atoms with Gasteiger partial charge in [0.25, 0.3) is 0 Å². The molecule has 0 spiro atoms. The van der Waals surface area contributed by atoms with E-state index in [9.17, 15) is 4.79 Å². The van der Waals surface area contributed by atoms with Gasteiger partial charge in [-0.2, -0.15) is 0 Å². The van der Waals surface area contributed by atoms with E-state index in [0.29, 0.717) is 24.5 Å². The van der Waals surface area contributed by atoms with Crippen molar-refractivity contribution in [3.8, 4) is 0 Å². The summed E-state index contributed by atoms with van der Waals surface area (Å²) in [6.07, 6.45) is 6.57. The Morgan fingerprint density at radius 2 is 2.12 bits per heavy atom. The van der Waals surface area contributed by atoms with Crippen molar-refractivity contribution in [1.29, 1.82) is 0 Å². The highest BCUT2D eigenvalue weighted by molar-refractivity contribution is 14.0. The van der Waals surface area contributed by atoms with E-state index >= 15 is 0 Å². The van der Waals surface area contributed by atoms with Gasteiger partial charge in [0.1, 0.15) is 12.3 Å². The van der Waals surface area contributed by atoms with Crippen LogP contribution in [0.2, 0.25) is 0 Å². The number of nitrogens with one attached hydrogen (secondary N) is 2. The summed E-state index contributed by atoms with van der Waals surface area (Å²) in [6, 6.07) is 4.18. The highest BCUT2D eigenvalue weighted by Gasteiger charge is 2.22. The monoisotopic (exact) mass is 448 g/mol. The molecule has 1 aliphatic rings. The quantitative estimate of drug-likeness (QED) is 0.413. The van der Waals surface area contributed by atoms with Crippen LogP contribution in [-0.2, 0) is 11.3 Å². The maximum atomic E-state index is 11.8. The molecule has 0 aromatic carbocycles. The first-order valence-electron chi connectivity index (χ1n) is 8.33. The van der Waals surface area contributed by atoms with Crippen LogP contribution in [0.25, 0.3) is 0 Å². The molecular formula is C17H29IN4O2. The second-order valence-corrected chi connectivity index (χ2v) is 6.40. The van der Waals surface area contributed by atoms with Gasteiger partial charge in [-0.3, -0.25) is 4.79 Å². The van der Waals surface area contributed by atoms with E-state index < -0.39 is 0 Å². The molecule has 7 heteroatoms. The van der Waals surface area contributed by atoms with Gasteiger partial charge < -0.3 is 20.0 Å². The van der Waals surface area contributed by atoms with Crippen molar-refractivity contribution in [2.24, 2.45) is 10.9 Å². The predicted molar refractivity (Wildman–Crippen MR) is 107 cm³/mol. The number of aliphatic imine (C=N–C) groups is 1. The van der Waals surface area contributed by atoms with Crippen molar-refractivity contribution < 1.29 is 9.21 Å². The molecule has 1 aliphatic carbocycles. The molecule has 2 N–H and O–H groups in total. The first kappa shape index (κ1) is 20.8. The van der Waals surface area contributed by atoms with Gasteiger partial charge in [0.05, 0.1) is 12.8 Å². The minimum Gasteiger partial charge on any atom is -0.467 e. The number of nitrogens with zero attached hydrogens (tertiary/aromatic N) is 2. The number of hydrogen-bond acceptors (Lipinski definition) is 3. The Balaban J connectivity index is 0.00000288. The molecule has 1 aromatic heterocycles. The van der Waals surface area contributed by atoms with Crippen LogP contribution in [0.4, 0.5) is 0 Å². The SMILES string of the molecule is CC1CCCCC1NC(=NCC(=O)N(C)C)NCc1ccco1.I. The highest BCUT2D eigenvalue weighted by Crippen LogP contribution is 2.23. The number of guanidine groups is 1. The second kappa shape index (κ2) is 10.6. The molecule has 0 radical (unpaired) electrons. The number of furan rings is 1. The van der Waals surface area contributed by atoms with Crippen molar-refractivity contribution in [1.82, 2.24) is 15.5 Å². The number of amides is 1. The first-order valence-corrected chi connectivity index (χ1v) is 8.33. The average Bonchev–Trinajstić information content (AvgIpc) is 3.04. The van der Waals surface area contributed by atoms with Crippen LogP contribution in [0.15, 0.2) is 27.8 Å². The Bertz CT molecular complexity index is 517. The van der Waals surface area contributed by atoms with Crippen molar-refractivity contribution >= 4 is 35.8 Å². The zero-order valence-electron chi connectivity index (χ0n) is 14.7. The molecule has 1 saturated carbocycles. The standard InChI is InChI=1S/C17H28N4O2.HI/c1-13-7-4-5-9-15(13)20-17(19-12-16(22)21(2)3)18-11-14-8-6-10-23-14;/h6,8,10,13,15H,4-5,7,9,11-12H2,1-3H3,(H2,18,19,20);1H. The molecule has 1 amide bonds. The molecule has 1 aromatic rings. The van der Waals surface area contributed by atoms with Gasteiger partial charge in [-0.15, -0.1) is 24.0 Å². The summed E-state index contributed by atoms with van der Waals surface area (Å²) in [7, 11) is 3.48. The molecule has 0 saturated heterocycles. The summed E-state index contributed by atoms with van der Waals surface area (Å²) in [5.74, 6) is 2.12. The summed E-state index contributed by atoms with van der Waals surface area (Å²) in [6.45, 7) is 2.96. The van der Waals surface area contributed by atoms with Crippen molar-refractivity contribution in [2.45, 2.75) is 45.2 Å². The van der Waals surface area contributed by atoms with Gasteiger partial charge in [0, 0.05) is 20.1 Å². The number of hydrogen-bond donors (Lipinski definition) is 2. The average molecular weight is 448 g/mol. The molecule has 1 heterocycles. The lowest BCUT2D eigenvalue weighted by molar-refractivity contribution is -0.127. The van der Waals surface area contributed by atoms with Gasteiger partial charge >= 0.3 is 0 Å². The van der Waals surface area contributed by atoms with Crippen molar-refractivity contribution in [3.05, 3.63) is 24.2 Å². The first-order chi connectivity index (χ1) is 11.1. The lowest BCUT2D eigenvalue weighted by atomic mass is 9.86. The van der Waals surface area contributed by atoms with E-state index in [-0.39, 0.29) is 36.4 Å². The molecule has 1 fully saturated rings. The number of carbonyl (C=O) groups excluding carboxylic acids is 1. The largest absolute Gasteiger partial charge is 0.467 e. The fourth-order valence-electron chi connectivity index (χ4n) is 2.73. The Hall–Kier alpha value is -1.25.